The molecule has 3 heteroatoms. The lowest BCUT2D eigenvalue weighted by molar-refractivity contribution is -0.133. The molecule has 0 bridgehead atoms. The van der Waals surface area contributed by atoms with Crippen LogP contribution in [0.1, 0.15) is 39.4 Å². The monoisotopic (exact) mass is 250 g/mol. The minimum atomic E-state index is -0.775. The van der Waals surface area contributed by atoms with E-state index in [1.165, 1.54) is 0 Å². The lowest BCUT2D eigenvalue weighted by atomic mass is 9.80. The van der Waals surface area contributed by atoms with E-state index in [0.29, 0.717) is 0 Å². The molecule has 0 heterocycles. The maximum Gasteiger partial charge on any atom is 0.143 e. The van der Waals surface area contributed by atoms with Crippen molar-refractivity contribution in [1.29, 1.82) is 0 Å². The predicted octanol–water partition coefficient (Wildman–Crippen LogP) is 2.98. The summed E-state index contributed by atoms with van der Waals surface area (Å²) in [7, 11) is 1.59. The number of hydrogen-bond acceptors (Lipinski definition) is 3. The molecule has 1 N–H and O–H groups in total. The van der Waals surface area contributed by atoms with Gasteiger partial charge in [-0.2, -0.15) is 0 Å². The van der Waals surface area contributed by atoms with E-state index < -0.39 is 17.4 Å². The number of hydrogen-bond donors (Lipinski definition) is 1. The van der Waals surface area contributed by atoms with Crippen molar-refractivity contribution in [3.8, 4) is 5.75 Å². The highest BCUT2D eigenvalue weighted by Gasteiger charge is 2.31. The van der Waals surface area contributed by atoms with Gasteiger partial charge in [0.2, 0.25) is 0 Å². The van der Waals surface area contributed by atoms with Gasteiger partial charge in [0.25, 0.3) is 0 Å². The first-order chi connectivity index (χ1) is 8.27. The summed E-state index contributed by atoms with van der Waals surface area (Å²) >= 11 is 0. The molecule has 0 unspecified atom stereocenters. The maximum absolute atomic E-state index is 12.1. The van der Waals surface area contributed by atoms with E-state index in [4.69, 9.17) is 4.74 Å². The molecule has 1 rings (SSSR count). The number of carbonyl (C=O) groups excluding carboxylic acids is 1. The molecular formula is C15H22O3. The van der Waals surface area contributed by atoms with Gasteiger partial charge in [0.05, 0.1) is 13.2 Å². The molecule has 0 fully saturated rings. The van der Waals surface area contributed by atoms with Crippen molar-refractivity contribution in [2.75, 3.05) is 7.11 Å². The maximum atomic E-state index is 12.1. The van der Waals surface area contributed by atoms with Crippen LogP contribution in [0.2, 0.25) is 0 Å². The smallest absolute Gasteiger partial charge is 0.143 e. The second-order valence-electron chi connectivity index (χ2n) is 5.62. The van der Waals surface area contributed by atoms with Crippen molar-refractivity contribution >= 4 is 5.78 Å². The van der Waals surface area contributed by atoms with Crippen molar-refractivity contribution < 1.29 is 14.6 Å². The normalized spacial score (nSPS) is 15.0. The van der Waals surface area contributed by atoms with Crippen LogP contribution in [0, 0.1) is 11.3 Å². The molecule has 0 spiro atoms. The molecule has 0 radical (unpaired) electrons. The summed E-state index contributed by atoms with van der Waals surface area (Å²) in [6.07, 6.45) is -0.775. The number of ketones is 1. The zero-order chi connectivity index (χ0) is 13.9. The Kier molecular flexibility index (Phi) is 4.52. The molecular weight excluding hydrogens is 228 g/mol. The summed E-state index contributed by atoms with van der Waals surface area (Å²) in [5, 5.41) is 10.2. The van der Waals surface area contributed by atoms with Crippen LogP contribution in [0.25, 0.3) is 0 Å². The van der Waals surface area contributed by atoms with Gasteiger partial charge in [-0.05, 0) is 17.7 Å². The molecule has 3 nitrogen and oxygen atoms in total. The summed E-state index contributed by atoms with van der Waals surface area (Å²) in [5.74, 6) is 0.380. The average Bonchev–Trinajstić information content (AvgIpc) is 2.35. The lowest BCUT2D eigenvalue weighted by Gasteiger charge is -2.25. The SMILES string of the molecule is COc1ccc([C@@H](O)[C@H](C)C(=O)C(C)(C)C)cc1. The summed E-state index contributed by atoms with van der Waals surface area (Å²) in [5.41, 5.74) is 0.299. The Morgan fingerprint density at radius 3 is 2.11 bits per heavy atom. The minimum Gasteiger partial charge on any atom is -0.497 e. The lowest BCUT2D eigenvalue weighted by Crippen LogP contribution is -2.30. The number of aliphatic hydroxyl groups is 1. The van der Waals surface area contributed by atoms with Crippen molar-refractivity contribution in [1.82, 2.24) is 0 Å². The highest BCUT2D eigenvalue weighted by Crippen LogP contribution is 2.30. The minimum absolute atomic E-state index is 0.0609. The molecule has 0 aliphatic heterocycles. The van der Waals surface area contributed by atoms with Gasteiger partial charge in [0.15, 0.2) is 0 Å². The number of methoxy groups -OCH3 is 1. The highest BCUT2D eigenvalue weighted by molar-refractivity contribution is 5.86. The van der Waals surface area contributed by atoms with E-state index in [1.807, 2.05) is 20.8 Å². The number of rotatable bonds is 4. The molecule has 0 amide bonds. The molecule has 18 heavy (non-hydrogen) atoms. The second kappa shape index (κ2) is 5.53. The van der Waals surface area contributed by atoms with Gasteiger partial charge in [0.1, 0.15) is 11.5 Å². The fraction of sp³-hybridized carbons (Fsp3) is 0.533. The third-order valence-electron chi connectivity index (χ3n) is 3.08. The van der Waals surface area contributed by atoms with E-state index in [2.05, 4.69) is 0 Å². The summed E-state index contributed by atoms with van der Waals surface area (Å²) in [6.45, 7) is 7.37. The average molecular weight is 250 g/mol. The Labute approximate surface area is 109 Å². The van der Waals surface area contributed by atoms with E-state index in [9.17, 15) is 9.90 Å². The van der Waals surface area contributed by atoms with Gasteiger partial charge in [-0.25, -0.2) is 0 Å². The van der Waals surface area contributed by atoms with E-state index in [1.54, 1.807) is 38.3 Å². The highest BCUT2D eigenvalue weighted by atomic mass is 16.5. The first-order valence-corrected chi connectivity index (χ1v) is 6.13. The van der Waals surface area contributed by atoms with Gasteiger partial charge in [-0.3, -0.25) is 4.79 Å². The number of aliphatic hydroxyl groups excluding tert-OH is 1. The zero-order valence-corrected chi connectivity index (χ0v) is 11.7. The topological polar surface area (TPSA) is 46.5 Å². The fourth-order valence-electron chi connectivity index (χ4n) is 1.92. The third-order valence-corrected chi connectivity index (χ3v) is 3.08. The molecule has 0 saturated carbocycles. The summed E-state index contributed by atoms with van der Waals surface area (Å²) in [6, 6.07) is 7.14. The Morgan fingerprint density at radius 2 is 1.72 bits per heavy atom. The van der Waals surface area contributed by atoms with Crippen LogP contribution in [-0.2, 0) is 4.79 Å². The predicted molar refractivity (Wildman–Crippen MR) is 71.6 cm³/mol. The Morgan fingerprint density at radius 1 is 1.22 bits per heavy atom. The fourth-order valence-corrected chi connectivity index (χ4v) is 1.92. The standard InChI is InChI=1S/C15H22O3/c1-10(14(17)15(2,3)4)13(16)11-6-8-12(18-5)9-7-11/h6-10,13,16H,1-5H3/t10-,13-/m0/s1. The third kappa shape index (κ3) is 3.33. The van der Waals surface area contributed by atoms with Gasteiger partial charge in [-0.1, -0.05) is 39.8 Å². The van der Waals surface area contributed by atoms with Gasteiger partial charge in [0, 0.05) is 11.3 Å². The summed E-state index contributed by atoms with van der Waals surface area (Å²) < 4.78 is 5.06. The van der Waals surface area contributed by atoms with Crippen LogP contribution >= 0.6 is 0 Å². The van der Waals surface area contributed by atoms with Crippen molar-refractivity contribution in [2.45, 2.75) is 33.8 Å². The van der Waals surface area contributed by atoms with Crippen LogP contribution in [-0.4, -0.2) is 18.0 Å². The van der Waals surface area contributed by atoms with Crippen molar-refractivity contribution in [3.05, 3.63) is 29.8 Å². The second-order valence-corrected chi connectivity index (χ2v) is 5.62. The molecule has 2 atom stereocenters. The van der Waals surface area contributed by atoms with Gasteiger partial charge >= 0.3 is 0 Å². The molecule has 0 aromatic heterocycles. The Bertz CT molecular complexity index is 401. The largest absolute Gasteiger partial charge is 0.497 e. The van der Waals surface area contributed by atoms with Crippen molar-refractivity contribution in [3.63, 3.8) is 0 Å². The van der Waals surface area contributed by atoms with E-state index >= 15 is 0 Å². The van der Waals surface area contributed by atoms with Crippen LogP contribution < -0.4 is 4.74 Å². The molecule has 0 aliphatic carbocycles. The molecule has 0 aliphatic rings. The van der Waals surface area contributed by atoms with E-state index in [-0.39, 0.29) is 5.78 Å². The Balaban J connectivity index is 2.86. The quantitative estimate of drug-likeness (QED) is 0.893. The number of benzene rings is 1. The van der Waals surface area contributed by atoms with Crippen molar-refractivity contribution in [2.24, 2.45) is 11.3 Å². The first kappa shape index (κ1) is 14.7. The molecule has 1 aromatic rings. The molecule has 100 valence electrons. The number of ether oxygens (including phenoxy) is 1. The van der Waals surface area contributed by atoms with Crippen LogP contribution in [0.4, 0.5) is 0 Å². The number of carbonyl (C=O) groups is 1. The van der Waals surface area contributed by atoms with Gasteiger partial charge < -0.3 is 9.84 Å². The molecule has 0 saturated heterocycles. The van der Waals surface area contributed by atoms with Crippen LogP contribution in [0.3, 0.4) is 0 Å². The number of Topliss-reactive ketones (excluding diaryl/α,β-unsaturated/α-hetero) is 1. The first-order valence-electron chi connectivity index (χ1n) is 6.13. The zero-order valence-electron chi connectivity index (χ0n) is 11.7. The van der Waals surface area contributed by atoms with Gasteiger partial charge in [-0.15, -0.1) is 0 Å². The Hall–Kier alpha value is -1.35. The van der Waals surface area contributed by atoms with Crippen LogP contribution in [0.5, 0.6) is 5.75 Å². The summed E-state index contributed by atoms with van der Waals surface area (Å²) in [4.78, 5) is 12.1. The van der Waals surface area contributed by atoms with E-state index in [0.717, 1.165) is 11.3 Å². The molecule has 1 aromatic carbocycles. The van der Waals surface area contributed by atoms with Crippen LogP contribution in [0.15, 0.2) is 24.3 Å².